The van der Waals surface area contributed by atoms with E-state index in [1.807, 2.05) is 65.4 Å². The summed E-state index contributed by atoms with van der Waals surface area (Å²) in [5, 5.41) is 16.4. The lowest BCUT2D eigenvalue weighted by molar-refractivity contribution is -0.133. The number of Topliss-reactive ketones (excluding diaryl/α,β-unsaturated/α-hetero) is 1. The Kier molecular flexibility index (Phi) is 6.74. The summed E-state index contributed by atoms with van der Waals surface area (Å²) in [6, 6.07) is 20.9. The van der Waals surface area contributed by atoms with E-state index in [4.69, 9.17) is 16.6 Å². The van der Waals surface area contributed by atoms with Crippen molar-refractivity contribution in [2.75, 3.05) is 11.4 Å². The van der Waals surface area contributed by atoms with Gasteiger partial charge in [-0.3, -0.25) is 9.59 Å². The minimum atomic E-state index is -1.07. The predicted molar refractivity (Wildman–Crippen MR) is 151 cm³/mol. The summed E-state index contributed by atoms with van der Waals surface area (Å²) in [4.78, 5) is 35.0. The van der Waals surface area contributed by atoms with Gasteiger partial charge >= 0.3 is 0 Å². The number of fused-ring (bicyclic) bond motifs is 1. The van der Waals surface area contributed by atoms with Gasteiger partial charge in [-0.15, -0.1) is 11.8 Å². The van der Waals surface area contributed by atoms with E-state index in [-0.39, 0.29) is 24.7 Å². The monoisotopic (exact) mass is 561 g/mol. The molecule has 2 aromatic carbocycles. The Labute approximate surface area is 233 Å². The Morgan fingerprint density at radius 2 is 2.00 bits per heavy atom. The maximum atomic E-state index is 13.6. The van der Waals surface area contributed by atoms with Crippen LogP contribution in [0.5, 0.6) is 0 Å². The second-order valence-electron chi connectivity index (χ2n) is 9.38. The van der Waals surface area contributed by atoms with E-state index >= 15 is 0 Å². The van der Waals surface area contributed by atoms with Gasteiger partial charge in [0.1, 0.15) is 16.6 Å². The van der Waals surface area contributed by atoms with E-state index in [0.717, 1.165) is 35.6 Å². The molecule has 2 atom stereocenters. The number of carbonyl (C=O) groups is 2. The number of rotatable bonds is 6. The molecule has 1 fully saturated rings. The van der Waals surface area contributed by atoms with Gasteiger partial charge in [0.2, 0.25) is 5.91 Å². The van der Waals surface area contributed by atoms with Crippen LogP contribution in [0.25, 0.3) is 0 Å². The highest BCUT2D eigenvalue weighted by Gasteiger charge is 2.48. The number of nitrogens with one attached hydrogen (secondary N) is 1. The van der Waals surface area contributed by atoms with Gasteiger partial charge < -0.3 is 15.3 Å². The number of benzene rings is 2. The normalized spacial score (nSPS) is 20.9. The lowest BCUT2D eigenvalue weighted by Crippen LogP contribution is -2.58. The van der Waals surface area contributed by atoms with Crippen molar-refractivity contribution in [1.29, 1.82) is 0 Å². The zero-order valence-electron chi connectivity index (χ0n) is 20.3. The summed E-state index contributed by atoms with van der Waals surface area (Å²) in [6.45, 7) is 0.728. The lowest BCUT2D eigenvalue weighted by atomic mass is 9.79. The summed E-state index contributed by atoms with van der Waals surface area (Å²) in [7, 11) is 0. The van der Waals surface area contributed by atoms with Gasteiger partial charge in [-0.05, 0) is 70.3 Å². The number of aliphatic hydroxyl groups excluding tert-OH is 1. The van der Waals surface area contributed by atoms with Crippen LogP contribution in [0.3, 0.4) is 0 Å². The quantitative estimate of drug-likeness (QED) is 0.304. The number of thioether (sulfide) groups is 1. The lowest BCUT2D eigenvalue weighted by Gasteiger charge is -2.39. The van der Waals surface area contributed by atoms with Gasteiger partial charge in [-0.25, -0.2) is 4.98 Å². The van der Waals surface area contributed by atoms with Crippen LogP contribution >= 0.6 is 34.7 Å². The number of thiophene rings is 1. The van der Waals surface area contributed by atoms with Crippen molar-refractivity contribution in [1.82, 2.24) is 10.3 Å². The number of aliphatic hydroxyl groups is 1. The molecule has 1 saturated heterocycles. The average Bonchev–Trinajstić information content (AvgIpc) is 3.62. The van der Waals surface area contributed by atoms with Crippen LogP contribution in [0.1, 0.15) is 28.8 Å². The molecule has 0 saturated carbocycles. The van der Waals surface area contributed by atoms with Crippen LogP contribution in [-0.2, 0) is 28.2 Å². The predicted octanol–water partition coefficient (Wildman–Crippen LogP) is 5.48. The van der Waals surface area contributed by atoms with Gasteiger partial charge in [0, 0.05) is 23.5 Å². The molecule has 0 aliphatic carbocycles. The van der Waals surface area contributed by atoms with Crippen molar-refractivity contribution >= 4 is 57.9 Å². The summed E-state index contributed by atoms with van der Waals surface area (Å²) >= 11 is 9.01. The van der Waals surface area contributed by atoms with Crippen LogP contribution < -0.4 is 10.2 Å². The smallest absolute Gasteiger partial charge is 0.242 e. The molecule has 2 aromatic heterocycles. The number of hydrogen-bond acceptors (Lipinski definition) is 7. The van der Waals surface area contributed by atoms with E-state index in [2.05, 4.69) is 16.3 Å². The summed E-state index contributed by atoms with van der Waals surface area (Å²) in [5.74, 6) is 0.208. The fraction of sp³-hybridized carbons (Fsp3) is 0.207. The number of aromatic nitrogens is 1. The van der Waals surface area contributed by atoms with Crippen LogP contribution in [0.2, 0.25) is 5.02 Å². The molecule has 6 nitrogen and oxygen atoms in total. The molecule has 2 aliphatic rings. The Balaban J connectivity index is 1.37. The van der Waals surface area contributed by atoms with Crippen molar-refractivity contribution in [3.63, 3.8) is 0 Å². The Hall–Kier alpha value is -3.17. The van der Waals surface area contributed by atoms with Crippen molar-refractivity contribution in [3.05, 3.63) is 105 Å². The molecule has 4 aromatic rings. The molecular weight excluding hydrogens is 538 g/mol. The first-order chi connectivity index (χ1) is 18.5. The highest BCUT2D eigenvalue weighted by atomic mass is 35.5. The molecule has 1 amide bonds. The number of carbonyl (C=O) groups excluding carboxylic acids is 2. The van der Waals surface area contributed by atoms with E-state index in [1.165, 1.54) is 28.7 Å². The molecule has 0 spiro atoms. The number of amides is 1. The molecular formula is C29H24ClN3O3S2. The molecule has 192 valence electrons. The number of halogens is 1. The highest BCUT2D eigenvalue weighted by Crippen LogP contribution is 2.42. The molecule has 2 aliphatic heterocycles. The average molecular weight is 562 g/mol. The first kappa shape index (κ1) is 25.1. The summed E-state index contributed by atoms with van der Waals surface area (Å²) < 4.78 is 0. The fourth-order valence-corrected chi connectivity index (χ4v) is 7.14. The van der Waals surface area contributed by atoms with E-state index in [1.54, 1.807) is 6.07 Å². The third kappa shape index (κ3) is 4.41. The van der Waals surface area contributed by atoms with Gasteiger partial charge in [-0.2, -0.15) is 11.3 Å². The zero-order chi connectivity index (χ0) is 26.3. The second-order valence-corrected chi connectivity index (χ2v) is 11.7. The third-order valence-corrected chi connectivity index (χ3v) is 9.53. The third-order valence-electron chi connectivity index (χ3n) is 7.08. The number of hydrogen-bond donors (Lipinski definition) is 2. The van der Waals surface area contributed by atoms with E-state index in [9.17, 15) is 14.7 Å². The summed E-state index contributed by atoms with van der Waals surface area (Å²) in [6.07, 6.45) is 0.956. The second kappa shape index (κ2) is 10.2. The first-order valence-electron chi connectivity index (χ1n) is 12.2. The molecule has 38 heavy (non-hydrogen) atoms. The fourth-order valence-electron chi connectivity index (χ4n) is 5.16. The van der Waals surface area contributed by atoms with Crippen LogP contribution in [0, 0.1) is 0 Å². The van der Waals surface area contributed by atoms with E-state index in [0.29, 0.717) is 15.6 Å². The topological polar surface area (TPSA) is 82.5 Å². The largest absolute Gasteiger partial charge is 0.392 e. The maximum absolute atomic E-state index is 13.6. The minimum absolute atomic E-state index is 0.0304. The minimum Gasteiger partial charge on any atom is -0.392 e. The highest BCUT2D eigenvalue weighted by molar-refractivity contribution is 8.01. The van der Waals surface area contributed by atoms with Crippen LogP contribution in [0.4, 0.5) is 11.5 Å². The molecule has 0 radical (unpaired) electrons. The number of piperidine rings is 1. The first-order valence-corrected chi connectivity index (χ1v) is 14.4. The maximum Gasteiger partial charge on any atom is 0.242 e. The van der Waals surface area contributed by atoms with Crippen LogP contribution in [-0.4, -0.2) is 33.6 Å². The Morgan fingerprint density at radius 3 is 2.76 bits per heavy atom. The van der Waals surface area contributed by atoms with Crippen LogP contribution in [0.15, 0.2) is 82.4 Å². The van der Waals surface area contributed by atoms with Crippen molar-refractivity contribution in [2.24, 2.45) is 0 Å². The number of pyridine rings is 1. The van der Waals surface area contributed by atoms with Crippen molar-refractivity contribution in [2.45, 2.75) is 35.1 Å². The van der Waals surface area contributed by atoms with Crippen molar-refractivity contribution in [3.8, 4) is 0 Å². The van der Waals surface area contributed by atoms with Gasteiger partial charge in [0.25, 0.3) is 0 Å². The van der Waals surface area contributed by atoms with Gasteiger partial charge in [0.05, 0.1) is 17.3 Å². The SMILES string of the molecule is O=C1CC(c2ccsc2)(c2cccc(N3CCc4ccc(CO)cc43)n2)NC(=O)C1Sc1ccccc1Cl. The van der Waals surface area contributed by atoms with Gasteiger partial charge in [-0.1, -0.05) is 41.9 Å². The number of anilines is 2. The molecule has 2 unspecified atom stereocenters. The number of nitrogens with zero attached hydrogens (tertiary/aromatic N) is 2. The molecule has 9 heteroatoms. The Morgan fingerprint density at radius 1 is 1.13 bits per heavy atom. The van der Waals surface area contributed by atoms with E-state index < -0.39 is 10.8 Å². The molecule has 4 heterocycles. The zero-order valence-corrected chi connectivity index (χ0v) is 22.7. The molecule has 6 rings (SSSR count). The van der Waals surface area contributed by atoms with Crippen molar-refractivity contribution < 1.29 is 14.7 Å². The number of ketones is 1. The Bertz CT molecular complexity index is 1510. The molecule has 0 bridgehead atoms. The van der Waals surface area contributed by atoms with Gasteiger partial charge in [0.15, 0.2) is 5.78 Å². The molecule has 2 N–H and O–H groups in total. The summed E-state index contributed by atoms with van der Waals surface area (Å²) in [5.41, 5.74) is 3.43. The standard InChI is InChI=1S/C29H24ClN3O3S2/c30-21-4-1-2-5-24(21)38-27-23(35)15-29(32-28(27)36,20-11-13-37-17-20)25-6-3-7-26(31-25)33-12-10-19-9-8-18(16-34)14-22(19)33/h1-9,11,13-14,17,27,34H,10,12,15-16H2,(H,32,36).